The van der Waals surface area contributed by atoms with Gasteiger partial charge in [0.05, 0.1) is 21.7 Å². The third kappa shape index (κ3) is 3.94. The first-order valence-corrected chi connectivity index (χ1v) is 9.74. The largest absolute Gasteiger partial charge is 0.486 e. The van der Waals surface area contributed by atoms with Crippen LogP contribution in [0.4, 0.5) is 5.69 Å². The predicted molar refractivity (Wildman–Crippen MR) is 112 cm³/mol. The van der Waals surface area contributed by atoms with Crippen molar-refractivity contribution < 1.29 is 19.2 Å². The normalized spacial score (nSPS) is 13.5. The molecule has 0 radical (unpaired) electrons. The second kappa shape index (κ2) is 8.23. The van der Waals surface area contributed by atoms with Crippen molar-refractivity contribution in [1.29, 1.82) is 0 Å². The number of carbonyl (C=O) groups is 1. The zero-order chi connectivity index (χ0) is 21.1. The van der Waals surface area contributed by atoms with Gasteiger partial charge in [-0.05, 0) is 11.6 Å². The van der Waals surface area contributed by atoms with Crippen LogP contribution < -0.4 is 14.3 Å². The summed E-state index contributed by atoms with van der Waals surface area (Å²) >= 11 is 1.31. The van der Waals surface area contributed by atoms with Crippen molar-refractivity contribution in [3.8, 4) is 23.8 Å². The third-order valence-corrected chi connectivity index (χ3v) is 5.34. The molecule has 1 aliphatic heterocycles. The maximum atomic E-state index is 12.4. The van der Waals surface area contributed by atoms with Gasteiger partial charge in [-0.1, -0.05) is 29.4 Å². The van der Waals surface area contributed by atoms with E-state index in [-0.39, 0.29) is 12.2 Å². The van der Waals surface area contributed by atoms with Crippen molar-refractivity contribution in [3.63, 3.8) is 0 Å². The number of terminal acetylenes is 1. The van der Waals surface area contributed by atoms with E-state index < -0.39 is 10.8 Å². The SMILES string of the molecule is C#CCn1c(=NC(=O)C=Cc2cccc([N+](=O)[O-])c2)sc2cc3c(cc21)OCCO3. The zero-order valence-corrected chi connectivity index (χ0v) is 16.4. The van der Waals surface area contributed by atoms with Crippen LogP contribution in [0.2, 0.25) is 0 Å². The summed E-state index contributed by atoms with van der Waals surface area (Å²) in [7, 11) is 0. The highest BCUT2D eigenvalue weighted by atomic mass is 32.1. The quantitative estimate of drug-likeness (QED) is 0.279. The lowest BCUT2D eigenvalue weighted by atomic mass is 10.2. The molecule has 0 saturated heterocycles. The second-order valence-corrected chi connectivity index (χ2v) is 7.28. The maximum absolute atomic E-state index is 12.4. The van der Waals surface area contributed by atoms with Gasteiger partial charge in [-0.15, -0.1) is 6.42 Å². The van der Waals surface area contributed by atoms with Crippen molar-refractivity contribution in [2.75, 3.05) is 13.2 Å². The van der Waals surface area contributed by atoms with E-state index in [0.29, 0.717) is 35.1 Å². The number of hydrogen-bond donors (Lipinski definition) is 0. The van der Waals surface area contributed by atoms with E-state index in [2.05, 4.69) is 10.9 Å². The molecule has 0 atom stereocenters. The van der Waals surface area contributed by atoms with Crippen LogP contribution in [0.25, 0.3) is 16.3 Å². The molecular formula is C21H15N3O5S. The highest BCUT2D eigenvalue weighted by Gasteiger charge is 2.16. The smallest absolute Gasteiger partial charge is 0.272 e. The van der Waals surface area contributed by atoms with Gasteiger partial charge in [-0.3, -0.25) is 14.9 Å². The molecular weight excluding hydrogens is 406 g/mol. The monoisotopic (exact) mass is 421 g/mol. The van der Waals surface area contributed by atoms with E-state index in [1.54, 1.807) is 16.7 Å². The molecule has 0 unspecified atom stereocenters. The van der Waals surface area contributed by atoms with Crippen LogP contribution in [-0.2, 0) is 11.3 Å². The van der Waals surface area contributed by atoms with E-state index in [1.165, 1.54) is 35.6 Å². The fraction of sp³-hybridized carbons (Fsp3) is 0.143. The van der Waals surface area contributed by atoms with Crippen LogP contribution in [0.5, 0.6) is 11.5 Å². The highest BCUT2D eigenvalue weighted by molar-refractivity contribution is 7.16. The Balaban J connectivity index is 1.70. The number of thiazole rings is 1. The number of nitrogens with zero attached hydrogens (tertiary/aromatic N) is 3. The lowest BCUT2D eigenvalue weighted by molar-refractivity contribution is -0.384. The molecule has 0 N–H and O–H groups in total. The van der Waals surface area contributed by atoms with Gasteiger partial charge in [0.15, 0.2) is 16.3 Å². The van der Waals surface area contributed by atoms with Gasteiger partial charge in [0.1, 0.15) is 13.2 Å². The number of nitro groups is 1. The topological polar surface area (TPSA) is 96.0 Å². The van der Waals surface area contributed by atoms with Gasteiger partial charge in [0.25, 0.3) is 11.6 Å². The van der Waals surface area contributed by atoms with Gasteiger partial charge < -0.3 is 14.0 Å². The van der Waals surface area contributed by atoms with E-state index in [9.17, 15) is 14.9 Å². The molecule has 3 aromatic rings. The first-order valence-electron chi connectivity index (χ1n) is 8.93. The standard InChI is InChI=1S/C21H15N3O5S/c1-2-8-23-16-12-17-18(29-10-9-28-17)13-19(16)30-21(23)22-20(25)7-6-14-4-3-5-15(11-14)24(26)27/h1,3-7,11-13H,8-10H2. The Bertz CT molecular complexity index is 1300. The summed E-state index contributed by atoms with van der Waals surface area (Å²) in [6.45, 7) is 1.18. The molecule has 0 bridgehead atoms. The Labute approximate surface area is 174 Å². The van der Waals surface area contributed by atoms with Gasteiger partial charge in [0.2, 0.25) is 0 Å². The van der Waals surface area contributed by atoms with Crippen LogP contribution in [0.15, 0.2) is 47.5 Å². The Morgan fingerprint density at radius 1 is 1.30 bits per heavy atom. The highest BCUT2D eigenvalue weighted by Crippen LogP contribution is 2.35. The lowest BCUT2D eigenvalue weighted by Gasteiger charge is -2.18. The molecule has 1 aliphatic rings. The second-order valence-electron chi connectivity index (χ2n) is 6.27. The van der Waals surface area contributed by atoms with Crippen molar-refractivity contribution in [1.82, 2.24) is 4.57 Å². The van der Waals surface area contributed by atoms with Crippen LogP contribution in [0.3, 0.4) is 0 Å². The zero-order valence-electron chi connectivity index (χ0n) is 15.6. The first kappa shape index (κ1) is 19.4. The minimum atomic E-state index is -0.504. The van der Waals surface area contributed by atoms with Gasteiger partial charge in [-0.25, -0.2) is 0 Å². The summed E-state index contributed by atoms with van der Waals surface area (Å²) in [5.74, 6) is 3.34. The van der Waals surface area contributed by atoms with Crippen molar-refractivity contribution >= 4 is 39.2 Å². The Morgan fingerprint density at radius 2 is 2.07 bits per heavy atom. The first-order chi connectivity index (χ1) is 14.5. The van der Waals surface area contributed by atoms with Gasteiger partial charge in [-0.2, -0.15) is 4.99 Å². The molecule has 30 heavy (non-hydrogen) atoms. The molecule has 4 rings (SSSR count). The molecule has 9 heteroatoms. The Kier molecular flexibility index (Phi) is 5.32. The summed E-state index contributed by atoms with van der Waals surface area (Å²) in [5.41, 5.74) is 1.28. The van der Waals surface area contributed by atoms with Crippen molar-refractivity contribution in [2.45, 2.75) is 6.54 Å². The summed E-state index contributed by atoms with van der Waals surface area (Å²) in [5, 5.41) is 10.9. The number of ether oxygens (including phenoxy) is 2. The van der Waals surface area contributed by atoms with Crippen LogP contribution in [0.1, 0.15) is 5.56 Å². The molecule has 0 spiro atoms. The van der Waals surface area contributed by atoms with E-state index in [1.807, 2.05) is 12.1 Å². The van der Waals surface area contributed by atoms with Crippen molar-refractivity contribution in [2.24, 2.45) is 4.99 Å². The van der Waals surface area contributed by atoms with E-state index in [0.717, 1.165) is 10.2 Å². The fourth-order valence-corrected chi connectivity index (χ4v) is 4.02. The maximum Gasteiger partial charge on any atom is 0.272 e. The molecule has 150 valence electrons. The van der Waals surface area contributed by atoms with Crippen LogP contribution in [0, 0.1) is 22.5 Å². The molecule has 0 saturated carbocycles. The summed E-state index contributed by atoms with van der Waals surface area (Å²) in [6, 6.07) is 9.67. The number of carbonyl (C=O) groups excluding carboxylic acids is 1. The number of nitro benzene ring substituents is 1. The number of aromatic nitrogens is 1. The Morgan fingerprint density at radius 3 is 2.80 bits per heavy atom. The average Bonchev–Trinajstić information content (AvgIpc) is 3.07. The van der Waals surface area contributed by atoms with Crippen LogP contribution >= 0.6 is 11.3 Å². The number of fused-ring (bicyclic) bond motifs is 2. The Hall–Kier alpha value is -3.90. The molecule has 1 aromatic heterocycles. The number of benzene rings is 2. The minimum Gasteiger partial charge on any atom is -0.486 e. The molecule has 0 aliphatic carbocycles. The predicted octanol–water partition coefficient (Wildman–Crippen LogP) is 3.16. The number of non-ortho nitro benzene ring substituents is 1. The average molecular weight is 421 g/mol. The lowest BCUT2D eigenvalue weighted by Crippen LogP contribution is -2.17. The summed E-state index contributed by atoms with van der Waals surface area (Å²) < 4.78 is 13.9. The summed E-state index contributed by atoms with van der Waals surface area (Å²) in [4.78, 5) is 27.4. The van der Waals surface area contributed by atoms with Gasteiger partial charge >= 0.3 is 0 Å². The number of hydrogen-bond acceptors (Lipinski definition) is 6. The molecule has 0 fully saturated rings. The van der Waals surface area contributed by atoms with E-state index in [4.69, 9.17) is 15.9 Å². The summed E-state index contributed by atoms with van der Waals surface area (Å²) in [6.07, 6.45) is 8.25. The minimum absolute atomic E-state index is 0.0497. The van der Waals surface area contributed by atoms with Crippen molar-refractivity contribution in [3.05, 3.63) is 63.0 Å². The number of rotatable bonds is 4. The molecule has 2 heterocycles. The van der Waals surface area contributed by atoms with E-state index >= 15 is 0 Å². The van der Waals surface area contributed by atoms with Crippen LogP contribution in [-0.4, -0.2) is 28.6 Å². The number of amides is 1. The third-order valence-electron chi connectivity index (χ3n) is 4.30. The fourth-order valence-electron chi connectivity index (χ4n) is 2.98. The van der Waals surface area contributed by atoms with Gasteiger partial charge in [0, 0.05) is 30.3 Å². The molecule has 1 amide bonds. The molecule has 8 nitrogen and oxygen atoms in total. The molecule has 2 aromatic carbocycles.